The summed E-state index contributed by atoms with van der Waals surface area (Å²) < 4.78 is 0. The molecule has 1 aliphatic carbocycles. The predicted octanol–water partition coefficient (Wildman–Crippen LogP) is 3.43. The molecule has 2 unspecified atom stereocenters. The smallest absolute Gasteiger partial charge is 0.0568 e. The largest absolute Gasteiger partial charge is 0.393 e. The first kappa shape index (κ1) is 10.7. The van der Waals surface area contributed by atoms with Crippen molar-refractivity contribution in [1.82, 2.24) is 0 Å². The minimum atomic E-state index is -0.0298. The number of benzene rings is 1. The van der Waals surface area contributed by atoms with E-state index in [1.165, 1.54) is 29.1 Å². The second-order valence-corrected chi connectivity index (χ2v) is 6.09. The Kier molecular flexibility index (Phi) is 2.95. The lowest BCUT2D eigenvalue weighted by molar-refractivity contribution is 0.137. The van der Waals surface area contributed by atoms with Crippen molar-refractivity contribution in [3.05, 3.63) is 29.8 Å². The number of fused-ring (bicyclic) bond motifs is 1. The summed E-state index contributed by atoms with van der Waals surface area (Å²) in [4.78, 5) is 1.45. The molecule has 1 fully saturated rings. The van der Waals surface area contributed by atoms with Gasteiger partial charge in [0.2, 0.25) is 0 Å². The first-order valence-electron chi connectivity index (χ1n) is 6.24. The van der Waals surface area contributed by atoms with Crippen LogP contribution in [0.4, 0.5) is 0 Å². The fraction of sp³-hybridized carbons (Fsp3) is 0.571. The van der Waals surface area contributed by atoms with Crippen LogP contribution in [0.15, 0.2) is 29.2 Å². The van der Waals surface area contributed by atoms with E-state index in [9.17, 15) is 5.11 Å². The van der Waals surface area contributed by atoms with Gasteiger partial charge in [0.05, 0.1) is 6.10 Å². The van der Waals surface area contributed by atoms with Crippen molar-refractivity contribution < 1.29 is 5.11 Å². The van der Waals surface area contributed by atoms with E-state index in [1.807, 2.05) is 11.8 Å². The molecule has 0 spiro atoms. The molecule has 1 aliphatic heterocycles. The Morgan fingerprint density at radius 3 is 2.94 bits per heavy atom. The lowest BCUT2D eigenvalue weighted by Gasteiger charge is -2.13. The molecule has 0 saturated heterocycles. The van der Waals surface area contributed by atoms with Crippen molar-refractivity contribution in [2.45, 2.75) is 42.6 Å². The molecule has 3 rings (SSSR count). The normalized spacial score (nSPS) is 25.4. The zero-order valence-corrected chi connectivity index (χ0v) is 10.2. The molecule has 1 heterocycles. The summed E-state index contributed by atoms with van der Waals surface area (Å²) in [5, 5.41) is 9.89. The van der Waals surface area contributed by atoms with Crippen molar-refractivity contribution in [1.29, 1.82) is 0 Å². The third-order valence-corrected chi connectivity index (χ3v) is 5.03. The summed E-state index contributed by atoms with van der Waals surface area (Å²) in [5.74, 6) is 2.51. The molecule has 1 saturated carbocycles. The predicted molar refractivity (Wildman–Crippen MR) is 67.9 cm³/mol. The summed E-state index contributed by atoms with van der Waals surface area (Å²) in [5.41, 5.74) is 1.51. The Hall–Kier alpha value is -0.470. The van der Waals surface area contributed by atoms with Crippen LogP contribution in [0.5, 0.6) is 0 Å². The van der Waals surface area contributed by atoms with Crippen molar-refractivity contribution in [2.75, 3.05) is 5.75 Å². The van der Waals surface area contributed by atoms with Crippen molar-refractivity contribution in [3.8, 4) is 0 Å². The molecule has 16 heavy (non-hydrogen) atoms. The third kappa shape index (κ3) is 2.14. The van der Waals surface area contributed by atoms with E-state index in [2.05, 4.69) is 24.3 Å². The minimum absolute atomic E-state index is 0.0298. The van der Waals surface area contributed by atoms with Gasteiger partial charge in [-0.1, -0.05) is 18.2 Å². The first-order chi connectivity index (χ1) is 7.84. The van der Waals surface area contributed by atoms with Gasteiger partial charge in [0.15, 0.2) is 0 Å². The molecule has 0 amide bonds. The maximum atomic E-state index is 9.89. The average Bonchev–Trinajstić information content (AvgIpc) is 3.08. The van der Waals surface area contributed by atoms with Gasteiger partial charge in [-0.3, -0.25) is 0 Å². The number of aliphatic hydroxyl groups excluding tert-OH is 1. The molecule has 1 N–H and O–H groups in total. The van der Waals surface area contributed by atoms with Crippen molar-refractivity contribution in [3.63, 3.8) is 0 Å². The van der Waals surface area contributed by atoms with E-state index < -0.39 is 0 Å². The first-order valence-corrected chi connectivity index (χ1v) is 7.23. The molecular formula is C14H18OS. The Morgan fingerprint density at radius 1 is 1.31 bits per heavy atom. The van der Waals surface area contributed by atoms with Gasteiger partial charge < -0.3 is 5.11 Å². The average molecular weight is 234 g/mol. The number of hydrogen-bond acceptors (Lipinski definition) is 2. The molecule has 2 aliphatic rings. The number of thioether (sulfide) groups is 1. The van der Waals surface area contributed by atoms with Gasteiger partial charge >= 0.3 is 0 Å². The number of rotatable bonds is 4. The molecule has 0 aromatic heterocycles. The fourth-order valence-electron chi connectivity index (χ4n) is 2.56. The molecule has 0 radical (unpaired) electrons. The Morgan fingerprint density at radius 2 is 2.12 bits per heavy atom. The standard InChI is InChI=1S/C14H18OS/c15-13(10-5-6-10)8-7-11-9-16-14-4-2-1-3-12(11)14/h1-4,10-11,13,15H,5-9H2. The van der Waals surface area contributed by atoms with Crippen molar-refractivity contribution in [2.24, 2.45) is 5.92 Å². The fourth-order valence-corrected chi connectivity index (χ4v) is 3.86. The Bertz CT molecular complexity index is 373. The lowest BCUT2D eigenvalue weighted by atomic mass is 9.94. The highest BCUT2D eigenvalue weighted by Gasteiger charge is 2.31. The highest BCUT2D eigenvalue weighted by atomic mass is 32.2. The zero-order valence-electron chi connectivity index (χ0n) is 9.43. The summed E-state index contributed by atoms with van der Waals surface area (Å²) in [7, 11) is 0. The maximum absolute atomic E-state index is 9.89. The minimum Gasteiger partial charge on any atom is -0.393 e. The molecule has 0 bridgehead atoms. The Labute approximate surface area is 101 Å². The summed E-state index contributed by atoms with van der Waals surface area (Å²) in [6.07, 6.45) is 4.61. The molecule has 86 valence electrons. The van der Waals surface area contributed by atoms with Crippen LogP contribution >= 0.6 is 11.8 Å². The molecule has 1 aromatic rings. The van der Waals surface area contributed by atoms with Crippen LogP contribution in [0.3, 0.4) is 0 Å². The molecule has 2 atom stereocenters. The van der Waals surface area contributed by atoms with Gasteiger partial charge in [-0.15, -0.1) is 11.8 Å². The molecular weight excluding hydrogens is 216 g/mol. The van der Waals surface area contributed by atoms with Crippen molar-refractivity contribution >= 4 is 11.8 Å². The van der Waals surface area contributed by atoms with Gasteiger partial charge in [0.25, 0.3) is 0 Å². The second kappa shape index (κ2) is 4.42. The Balaban J connectivity index is 1.60. The van der Waals surface area contributed by atoms with E-state index in [0.717, 1.165) is 12.8 Å². The van der Waals surface area contributed by atoms with Gasteiger partial charge in [0.1, 0.15) is 0 Å². The van der Waals surface area contributed by atoms with Crippen LogP contribution in [-0.2, 0) is 0 Å². The van der Waals surface area contributed by atoms with E-state index in [0.29, 0.717) is 11.8 Å². The highest BCUT2D eigenvalue weighted by molar-refractivity contribution is 7.99. The zero-order chi connectivity index (χ0) is 11.0. The molecule has 2 heteroatoms. The maximum Gasteiger partial charge on any atom is 0.0568 e. The van der Waals surface area contributed by atoms with Gasteiger partial charge in [0, 0.05) is 10.6 Å². The van der Waals surface area contributed by atoms with E-state index >= 15 is 0 Å². The van der Waals surface area contributed by atoms with Crippen LogP contribution in [0.1, 0.15) is 37.2 Å². The van der Waals surface area contributed by atoms with Gasteiger partial charge in [-0.2, -0.15) is 0 Å². The van der Waals surface area contributed by atoms with Gasteiger partial charge in [-0.05, 0) is 49.1 Å². The quantitative estimate of drug-likeness (QED) is 0.861. The van der Waals surface area contributed by atoms with E-state index in [1.54, 1.807) is 0 Å². The summed E-state index contributed by atoms with van der Waals surface area (Å²) >= 11 is 1.97. The topological polar surface area (TPSA) is 20.2 Å². The van der Waals surface area contributed by atoms with Crippen LogP contribution in [0.2, 0.25) is 0 Å². The second-order valence-electron chi connectivity index (χ2n) is 5.03. The van der Waals surface area contributed by atoms with Gasteiger partial charge in [-0.25, -0.2) is 0 Å². The number of hydrogen-bond donors (Lipinski definition) is 1. The van der Waals surface area contributed by atoms with E-state index in [-0.39, 0.29) is 6.10 Å². The van der Waals surface area contributed by atoms with Crippen LogP contribution in [0, 0.1) is 5.92 Å². The van der Waals surface area contributed by atoms with Crippen LogP contribution < -0.4 is 0 Å². The summed E-state index contributed by atoms with van der Waals surface area (Å²) in [6.45, 7) is 0. The lowest BCUT2D eigenvalue weighted by Crippen LogP contribution is -2.11. The van der Waals surface area contributed by atoms with E-state index in [4.69, 9.17) is 0 Å². The SMILES string of the molecule is OC(CCC1CSc2ccccc21)C1CC1. The van der Waals surface area contributed by atoms with Crippen LogP contribution in [-0.4, -0.2) is 17.0 Å². The highest BCUT2D eigenvalue weighted by Crippen LogP contribution is 2.43. The monoisotopic (exact) mass is 234 g/mol. The van der Waals surface area contributed by atoms with Crippen LogP contribution in [0.25, 0.3) is 0 Å². The molecule has 1 aromatic carbocycles. The third-order valence-electron chi connectivity index (χ3n) is 3.78. The number of aliphatic hydroxyl groups is 1. The molecule has 1 nitrogen and oxygen atoms in total. The summed E-state index contributed by atoms with van der Waals surface area (Å²) in [6, 6.07) is 8.73.